The molecule has 0 aliphatic heterocycles. The van der Waals surface area contributed by atoms with E-state index in [1.165, 1.54) is 6.92 Å². The fourth-order valence-corrected chi connectivity index (χ4v) is 1.29. The summed E-state index contributed by atoms with van der Waals surface area (Å²) in [4.78, 5) is 22.1. The second-order valence-corrected chi connectivity index (χ2v) is 4.18. The second kappa shape index (κ2) is 6.25. The van der Waals surface area contributed by atoms with Crippen LogP contribution in [0, 0.1) is 0 Å². The molecular weight excluding hydrogens is 242 g/mol. The molecule has 17 heavy (non-hydrogen) atoms. The molecule has 0 saturated carbocycles. The lowest BCUT2D eigenvalue weighted by Crippen LogP contribution is -2.24. The van der Waals surface area contributed by atoms with Crippen molar-refractivity contribution in [2.75, 3.05) is 6.73 Å². The normalized spacial score (nSPS) is 11.7. The Hall–Kier alpha value is -1.55. The smallest absolute Gasteiger partial charge is 0.219 e. The van der Waals surface area contributed by atoms with E-state index in [1.54, 1.807) is 31.2 Å². The topological polar surface area (TPSA) is 55.4 Å². The lowest BCUT2D eigenvalue weighted by molar-refractivity contribution is -0.119. The Morgan fingerprint density at radius 1 is 1.35 bits per heavy atom. The van der Waals surface area contributed by atoms with Gasteiger partial charge in [0.25, 0.3) is 0 Å². The van der Waals surface area contributed by atoms with Crippen LogP contribution in [0.5, 0.6) is 5.75 Å². The summed E-state index contributed by atoms with van der Waals surface area (Å²) < 4.78 is 5.24. The number of rotatable bonds is 5. The highest BCUT2D eigenvalue weighted by Gasteiger charge is 2.11. The van der Waals surface area contributed by atoms with Gasteiger partial charge in [0.2, 0.25) is 5.91 Å². The maximum atomic E-state index is 11.5. The minimum absolute atomic E-state index is 0.106. The van der Waals surface area contributed by atoms with Gasteiger partial charge in [-0.25, -0.2) is 0 Å². The lowest BCUT2D eigenvalue weighted by atomic mass is 10.1. The number of halogens is 1. The Kier molecular flexibility index (Phi) is 4.97. The second-order valence-electron chi connectivity index (χ2n) is 3.53. The van der Waals surface area contributed by atoms with Gasteiger partial charge in [0.1, 0.15) is 5.75 Å². The van der Waals surface area contributed by atoms with Crippen molar-refractivity contribution in [2.24, 2.45) is 0 Å². The highest BCUT2D eigenvalue weighted by Crippen LogP contribution is 2.14. The molecule has 92 valence electrons. The number of Topliss-reactive ketones (excluding diaryl/α,β-unsaturated/α-hetero) is 1. The number of alkyl halides is 1. The van der Waals surface area contributed by atoms with E-state index in [-0.39, 0.29) is 18.4 Å². The van der Waals surface area contributed by atoms with Crippen LogP contribution in [0.25, 0.3) is 0 Å². The molecule has 1 aromatic rings. The van der Waals surface area contributed by atoms with Gasteiger partial charge in [-0.05, 0) is 31.2 Å². The van der Waals surface area contributed by atoms with E-state index >= 15 is 0 Å². The largest absolute Gasteiger partial charge is 0.473 e. The van der Waals surface area contributed by atoms with Crippen LogP contribution < -0.4 is 10.1 Å². The molecule has 0 radical (unpaired) electrons. The molecule has 0 aliphatic carbocycles. The van der Waals surface area contributed by atoms with Crippen molar-refractivity contribution in [3.63, 3.8) is 0 Å². The van der Waals surface area contributed by atoms with Crippen LogP contribution in [0.4, 0.5) is 0 Å². The number of ketones is 1. The predicted molar refractivity (Wildman–Crippen MR) is 65.4 cm³/mol. The van der Waals surface area contributed by atoms with Gasteiger partial charge in [-0.1, -0.05) is 0 Å². The summed E-state index contributed by atoms with van der Waals surface area (Å²) >= 11 is 5.69. The first kappa shape index (κ1) is 13.5. The van der Waals surface area contributed by atoms with E-state index in [0.717, 1.165) is 0 Å². The van der Waals surface area contributed by atoms with E-state index < -0.39 is 5.38 Å². The van der Waals surface area contributed by atoms with Crippen LogP contribution in [0.15, 0.2) is 24.3 Å². The fourth-order valence-electron chi connectivity index (χ4n) is 1.17. The molecule has 0 fully saturated rings. The fraction of sp³-hybridized carbons (Fsp3) is 0.333. The highest BCUT2D eigenvalue weighted by molar-refractivity contribution is 6.33. The average molecular weight is 256 g/mol. The minimum Gasteiger partial charge on any atom is -0.473 e. The zero-order valence-electron chi connectivity index (χ0n) is 9.70. The third-order valence-electron chi connectivity index (χ3n) is 2.06. The van der Waals surface area contributed by atoms with E-state index in [0.29, 0.717) is 11.3 Å². The monoisotopic (exact) mass is 255 g/mol. The molecular formula is C12H14ClNO3. The standard InChI is InChI=1S/C12H14ClNO3/c1-8(13)12(16)10-3-5-11(6-4-10)17-7-14-9(2)15/h3-6,8H,7H2,1-2H3,(H,14,15). The van der Waals surface area contributed by atoms with Crippen molar-refractivity contribution in [3.05, 3.63) is 29.8 Å². The van der Waals surface area contributed by atoms with Crippen molar-refractivity contribution in [3.8, 4) is 5.75 Å². The van der Waals surface area contributed by atoms with Gasteiger partial charge in [-0.3, -0.25) is 9.59 Å². The molecule has 0 saturated heterocycles. The molecule has 1 unspecified atom stereocenters. The highest BCUT2D eigenvalue weighted by atomic mass is 35.5. The molecule has 0 aliphatic rings. The predicted octanol–water partition coefficient (Wildman–Crippen LogP) is 1.97. The van der Waals surface area contributed by atoms with Gasteiger partial charge in [0.05, 0.1) is 5.38 Å². The van der Waals surface area contributed by atoms with Crippen LogP contribution in [0.2, 0.25) is 0 Å². The van der Waals surface area contributed by atoms with E-state index in [1.807, 2.05) is 0 Å². The van der Waals surface area contributed by atoms with Crippen molar-refractivity contribution in [1.29, 1.82) is 0 Å². The Bertz CT molecular complexity index is 401. The summed E-state index contributed by atoms with van der Waals surface area (Å²) in [6.07, 6.45) is 0. The molecule has 0 aromatic heterocycles. The van der Waals surface area contributed by atoms with Crippen LogP contribution in [0.1, 0.15) is 24.2 Å². The van der Waals surface area contributed by atoms with Crippen molar-refractivity contribution in [1.82, 2.24) is 5.32 Å². The number of hydrogen-bond donors (Lipinski definition) is 1. The maximum absolute atomic E-state index is 11.5. The minimum atomic E-state index is -0.541. The van der Waals surface area contributed by atoms with Crippen LogP contribution in [-0.2, 0) is 4.79 Å². The summed E-state index contributed by atoms with van der Waals surface area (Å²) in [7, 11) is 0. The van der Waals surface area contributed by atoms with Crippen molar-refractivity contribution < 1.29 is 14.3 Å². The Balaban J connectivity index is 2.56. The molecule has 0 heterocycles. The van der Waals surface area contributed by atoms with Gasteiger partial charge in [0.15, 0.2) is 12.5 Å². The van der Waals surface area contributed by atoms with Gasteiger partial charge >= 0.3 is 0 Å². The van der Waals surface area contributed by atoms with Gasteiger partial charge in [-0.2, -0.15) is 0 Å². The summed E-state index contributed by atoms with van der Waals surface area (Å²) in [5.41, 5.74) is 0.541. The number of carbonyl (C=O) groups excluding carboxylic acids is 2. The van der Waals surface area contributed by atoms with Crippen molar-refractivity contribution >= 4 is 23.3 Å². The molecule has 0 bridgehead atoms. The van der Waals surface area contributed by atoms with Gasteiger partial charge in [0, 0.05) is 12.5 Å². The average Bonchev–Trinajstić information content (AvgIpc) is 2.28. The van der Waals surface area contributed by atoms with Crippen molar-refractivity contribution in [2.45, 2.75) is 19.2 Å². The SMILES string of the molecule is CC(=O)NCOc1ccc(C(=O)C(C)Cl)cc1. The summed E-state index contributed by atoms with van der Waals surface area (Å²) in [6, 6.07) is 6.61. The van der Waals surface area contributed by atoms with Gasteiger partial charge < -0.3 is 10.1 Å². The molecule has 1 rings (SSSR count). The third-order valence-corrected chi connectivity index (χ3v) is 2.26. The number of nitrogens with one attached hydrogen (secondary N) is 1. The Labute approximate surface area is 105 Å². The van der Waals surface area contributed by atoms with E-state index in [9.17, 15) is 9.59 Å². The molecule has 1 amide bonds. The molecule has 5 heteroatoms. The van der Waals surface area contributed by atoms with E-state index in [4.69, 9.17) is 16.3 Å². The zero-order valence-corrected chi connectivity index (χ0v) is 10.5. The zero-order chi connectivity index (χ0) is 12.8. The maximum Gasteiger partial charge on any atom is 0.219 e. The first-order valence-corrected chi connectivity index (χ1v) is 5.60. The third kappa shape index (κ3) is 4.44. The quantitative estimate of drug-likeness (QED) is 0.497. The number of carbonyl (C=O) groups is 2. The lowest BCUT2D eigenvalue weighted by Gasteiger charge is -2.07. The first-order chi connectivity index (χ1) is 8.00. The molecule has 0 spiro atoms. The summed E-state index contributed by atoms with van der Waals surface area (Å²) in [5.74, 6) is 0.297. The molecule has 1 aromatic carbocycles. The number of hydrogen-bond acceptors (Lipinski definition) is 3. The summed E-state index contributed by atoms with van der Waals surface area (Å²) in [6.45, 7) is 3.15. The van der Waals surface area contributed by atoms with Crippen LogP contribution in [0.3, 0.4) is 0 Å². The number of ether oxygens (including phenoxy) is 1. The van der Waals surface area contributed by atoms with Crippen LogP contribution >= 0.6 is 11.6 Å². The summed E-state index contributed by atoms with van der Waals surface area (Å²) in [5, 5.41) is 1.96. The first-order valence-electron chi connectivity index (χ1n) is 5.16. The Morgan fingerprint density at radius 3 is 2.41 bits per heavy atom. The molecule has 1 atom stereocenters. The van der Waals surface area contributed by atoms with Crippen LogP contribution in [-0.4, -0.2) is 23.8 Å². The molecule has 1 N–H and O–H groups in total. The number of amides is 1. The van der Waals surface area contributed by atoms with Gasteiger partial charge in [-0.15, -0.1) is 11.6 Å². The van der Waals surface area contributed by atoms with E-state index in [2.05, 4.69) is 5.32 Å². The Morgan fingerprint density at radius 2 is 1.94 bits per heavy atom. The molecule has 4 nitrogen and oxygen atoms in total. The number of benzene rings is 1.